The summed E-state index contributed by atoms with van der Waals surface area (Å²) in [4.78, 5) is 17.5. The van der Waals surface area contributed by atoms with Gasteiger partial charge in [0.25, 0.3) is 5.56 Å². The lowest BCUT2D eigenvalue weighted by molar-refractivity contribution is 0.623. The Morgan fingerprint density at radius 1 is 1.41 bits per heavy atom. The minimum atomic E-state index is -0.282. The summed E-state index contributed by atoms with van der Waals surface area (Å²) in [6, 6.07) is 7.53. The minimum Gasteiger partial charge on any atom is -0.363 e. The van der Waals surface area contributed by atoms with Crippen molar-refractivity contribution in [2.75, 3.05) is 5.32 Å². The average Bonchev–Trinajstić information content (AvgIpc) is 2.29. The van der Waals surface area contributed by atoms with Crippen LogP contribution in [0.4, 0.5) is 10.2 Å². The van der Waals surface area contributed by atoms with Crippen LogP contribution in [0, 0.1) is 5.82 Å². The molecule has 0 fully saturated rings. The first-order valence-corrected chi connectivity index (χ1v) is 5.22. The van der Waals surface area contributed by atoms with E-state index in [-0.39, 0.29) is 17.4 Å². The highest BCUT2D eigenvalue weighted by molar-refractivity contribution is 5.36. The van der Waals surface area contributed by atoms with Crippen molar-refractivity contribution in [1.82, 2.24) is 9.97 Å². The zero-order valence-electron chi connectivity index (χ0n) is 9.27. The Morgan fingerprint density at radius 3 is 2.94 bits per heavy atom. The van der Waals surface area contributed by atoms with Crippen LogP contribution in [-0.2, 0) is 0 Å². The summed E-state index contributed by atoms with van der Waals surface area (Å²) in [5, 5.41) is 3.03. The second-order valence-corrected chi connectivity index (χ2v) is 3.72. The van der Waals surface area contributed by atoms with Crippen LogP contribution < -0.4 is 10.9 Å². The van der Waals surface area contributed by atoms with Crippen molar-refractivity contribution >= 4 is 5.82 Å². The molecule has 5 heteroatoms. The van der Waals surface area contributed by atoms with E-state index >= 15 is 0 Å². The van der Waals surface area contributed by atoms with Crippen molar-refractivity contribution in [1.29, 1.82) is 0 Å². The number of hydrogen-bond donors (Lipinski definition) is 2. The summed E-state index contributed by atoms with van der Waals surface area (Å²) < 4.78 is 13.0. The minimum absolute atomic E-state index is 0.125. The smallest absolute Gasteiger partial charge is 0.252 e. The van der Waals surface area contributed by atoms with Crippen LogP contribution in [0.25, 0.3) is 0 Å². The lowest BCUT2D eigenvalue weighted by atomic mass is 10.1. The highest BCUT2D eigenvalue weighted by atomic mass is 19.1. The van der Waals surface area contributed by atoms with Crippen LogP contribution in [0.3, 0.4) is 0 Å². The van der Waals surface area contributed by atoms with E-state index in [4.69, 9.17) is 0 Å². The number of nitrogens with one attached hydrogen (secondary N) is 2. The molecule has 1 unspecified atom stereocenters. The number of rotatable bonds is 3. The molecular formula is C12H12FN3O. The molecular weight excluding hydrogens is 221 g/mol. The summed E-state index contributed by atoms with van der Waals surface area (Å²) in [5.74, 6) is 0.181. The fraction of sp³-hybridized carbons (Fsp3) is 0.167. The maximum atomic E-state index is 13.0. The first kappa shape index (κ1) is 11.3. The normalized spacial score (nSPS) is 12.1. The molecule has 2 N–H and O–H groups in total. The van der Waals surface area contributed by atoms with Gasteiger partial charge in [0.2, 0.25) is 0 Å². The summed E-state index contributed by atoms with van der Waals surface area (Å²) in [7, 11) is 0. The quantitative estimate of drug-likeness (QED) is 0.853. The summed E-state index contributed by atoms with van der Waals surface area (Å²) in [5.41, 5.74) is 0.570. The molecule has 0 aliphatic heterocycles. The van der Waals surface area contributed by atoms with Crippen molar-refractivity contribution in [3.63, 3.8) is 0 Å². The fourth-order valence-corrected chi connectivity index (χ4v) is 1.53. The van der Waals surface area contributed by atoms with Gasteiger partial charge < -0.3 is 10.3 Å². The molecule has 0 aliphatic rings. The van der Waals surface area contributed by atoms with Gasteiger partial charge in [0.05, 0.1) is 12.4 Å². The van der Waals surface area contributed by atoms with Crippen molar-refractivity contribution in [3.05, 3.63) is 58.4 Å². The van der Waals surface area contributed by atoms with Crippen molar-refractivity contribution in [2.45, 2.75) is 13.0 Å². The van der Waals surface area contributed by atoms with Gasteiger partial charge in [-0.1, -0.05) is 12.1 Å². The number of aromatic nitrogens is 2. The summed E-state index contributed by atoms with van der Waals surface area (Å²) in [6.07, 6.45) is 1.32. The number of hydrogen-bond acceptors (Lipinski definition) is 3. The van der Waals surface area contributed by atoms with E-state index in [1.165, 1.54) is 24.5 Å². The molecule has 0 aliphatic carbocycles. The molecule has 4 nitrogen and oxygen atoms in total. The Kier molecular flexibility index (Phi) is 3.18. The third-order valence-corrected chi connectivity index (χ3v) is 2.39. The van der Waals surface area contributed by atoms with E-state index in [0.717, 1.165) is 5.56 Å². The van der Waals surface area contributed by atoms with Crippen molar-refractivity contribution in [2.24, 2.45) is 0 Å². The predicted molar refractivity (Wildman–Crippen MR) is 63.3 cm³/mol. The molecule has 0 bridgehead atoms. The van der Waals surface area contributed by atoms with Gasteiger partial charge in [-0.05, 0) is 24.6 Å². The fourth-order valence-electron chi connectivity index (χ4n) is 1.53. The topological polar surface area (TPSA) is 57.8 Å². The van der Waals surface area contributed by atoms with E-state index in [1.54, 1.807) is 6.07 Å². The summed E-state index contributed by atoms with van der Waals surface area (Å²) in [6.45, 7) is 1.87. The molecule has 1 aromatic carbocycles. The molecule has 0 spiro atoms. The summed E-state index contributed by atoms with van der Waals surface area (Å²) >= 11 is 0. The molecule has 1 atom stereocenters. The largest absolute Gasteiger partial charge is 0.363 e. The van der Waals surface area contributed by atoms with E-state index in [1.807, 2.05) is 13.0 Å². The Balaban J connectivity index is 2.17. The van der Waals surface area contributed by atoms with Crippen LogP contribution in [0.2, 0.25) is 0 Å². The molecule has 0 radical (unpaired) electrons. The Morgan fingerprint density at radius 2 is 2.24 bits per heavy atom. The lowest BCUT2D eigenvalue weighted by Crippen LogP contribution is -2.12. The Hall–Kier alpha value is -2.17. The molecule has 0 amide bonds. The second-order valence-electron chi connectivity index (χ2n) is 3.72. The van der Waals surface area contributed by atoms with Crippen LogP contribution in [0.15, 0.2) is 41.5 Å². The second kappa shape index (κ2) is 4.78. The SMILES string of the molecule is CC(Nc1cc(=O)[nH]cn1)c1cccc(F)c1. The van der Waals surface area contributed by atoms with Gasteiger partial charge in [-0.15, -0.1) is 0 Å². The highest BCUT2D eigenvalue weighted by Crippen LogP contribution is 2.17. The number of aromatic amines is 1. The highest BCUT2D eigenvalue weighted by Gasteiger charge is 2.06. The number of benzene rings is 1. The van der Waals surface area contributed by atoms with E-state index in [2.05, 4.69) is 15.3 Å². The number of nitrogens with zero attached hydrogens (tertiary/aromatic N) is 1. The monoisotopic (exact) mass is 233 g/mol. The van der Waals surface area contributed by atoms with E-state index in [9.17, 15) is 9.18 Å². The van der Waals surface area contributed by atoms with Gasteiger partial charge in [0, 0.05) is 6.07 Å². The van der Waals surface area contributed by atoms with Gasteiger partial charge in [0.1, 0.15) is 11.6 Å². The van der Waals surface area contributed by atoms with Gasteiger partial charge >= 0.3 is 0 Å². The van der Waals surface area contributed by atoms with Gasteiger partial charge in [-0.2, -0.15) is 0 Å². The molecule has 0 saturated heterocycles. The molecule has 2 rings (SSSR count). The maximum absolute atomic E-state index is 13.0. The van der Waals surface area contributed by atoms with Crippen LogP contribution in [0.1, 0.15) is 18.5 Å². The van der Waals surface area contributed by atoms with Crippen LogP contribution >= 0.6 is 0 Å². The maximum Gasteiger partial charge on any atom is 0.252 e. The first-order valence-electron chi connectivity index (χ1n) is 5.22. The van der Waals surface area contributed by atoms with Gasteiger partial charge in [0.15, 0.2) is 0 Å². The molecule has 1 heterocycles. The number of anilines is 1. The molecule has 2 aromatic rings. The standard InChI is InChI=1S/C12H12FN3O/c1-8(9-3-2-4-10(13)5-9)16-11-6-12(17)15-7-14-11/h2-8H,1H3,(H2,14,15,16,17). The van der Waals surface area contributed by atoms with Crippen molar-refractivity contribution in [3.8, 4) is 0 Å². The van der Waals surface area contributed by atoms with E-state index < -0.39 is 0 Å². The first-order chi connectivity index (χ1) is 8.15. The van der Waals surface area contributed by atoms with Crippen molar-refractivity contribution < 1.29 is 4.39 Å². The zero-order chi connectivity index (χ0) is 12.3. The average molecular weight is 233 g/mol. The molecule has 88 valence electrons. The van der Waals surface area contributed by atoms with E-state index in [0.29, 0.717) is 5.82 Å². The van der Waals surface area contributed by atoms with Crippen LogP contribution in [0.5, 0.6) is 0 Å². The number of H-pyrrole nitrogens is 1. The van der Waals surface area contributed by atoms with Crippen LogP contribution in [-0.4, -0.2) is 9.97 Å². The zero-order valence-corrected chi connectivity index (χ0v) is 9.27. The van der Waals surface area contributed by atoms with Gasteiger partial charge in [-0.25, -0.2) is 9.37 Å². The molecule has 17 heavy (non-hydrogen) atoms. The van der Waals surface area contributed by atoms with Gasteiger partial charge in [-0.3, -0.25) is 4.79 Å². The predicted octanol–water partition coefficient (Wildman–Crippen LogP) is 2.08. The third-order valence-electron chi connectivity index (χ3n) is 2.39. The Bertz CT molecular complexity index is 567. The Labute approximate surface area is 97.5 Å². The third kappa shape index (κ3) is 2.90. The molecule has 1 aromatic heterocycles. The number of halogens is 1. The molecule has 0 saturated carbocycles. The lowest BCUT2D eigenvalue weighted by Gasteiger charge is -2.14.